The van der Waals surface area contributed by atoms with Crippen LogP contribution in [0.4, 0.5) is 4.39 Å². The maximum Gasteiger partial charge on any atom is 0.124 e. The van der Waals surface area contributed by atoms with E-state index < -0.39 is 0 Å². The van der Waals surface area contributed by atoms with Gasteiger partial charge >= 0.3 is 0 Å². The van der Waals surface area contributed by atoms with Crippen molar-refractivity contribution < 1.29 is 4.39 Å². The van der Waals surface area contributed by atoms with E-state index in [9.17, 15) is 4.39 Å². The molecule has 0 N–H and O–H groups in total. The van der Waals surface area contributed by atoms with Crippen molar-refractivity contribution in [3.05, 3.63) is 34.1 Å². The number of hydrogen-bond acceptors (Lipinski definition) is 1. The summed E-state index contributed by atoms with van der Waals surface area (Å²) in [5.74, 6) is 0.543. The zero-order valence-corrected chi connectivity index (χ0v) is 13.0. The first kappa shape index (κ1) is 13.5. The van der Waals surface area contributed by atoms with Gasteiger partial charge in [0.2, 0.25) is 0 Å². The molecule has 1 saturated heterocycles. The molecule has 0 bridgehead atoms. The molecule has 1 aliphatic heterocycles. The summed E-state index contributed by atoms with van der Waals surface area (Å²) in [4.78, 5) is 2.47. The monoisotopic (exact) mass is 363 g/mol. The molecule has 0 amide bonds. The van der Waals surface area contributed by atoms with Gasteiger partial charge in [-0.3, -0.25) is 4.90 Å². The van der Waals surface area contributed by atoms with Gasteiger partial charge in [0.05, 0.1) is 0 Å². The Morgan fingerprint density at radius 2 is 2.24 bits per heavy atom. The van der Waals surface area contributed by atoms with Crippen molar-refractivity contribution in [2.45, 2.75) is 25.9 Å². The third-order valence-electron chi connectivity index (χ3n) is 3.54. The molecule has 0 spiro atoms. The molecule has 17 heavy (non-hydrogen) atoms. The standard InChI is InChI=1S/C13H16Br2FN/c1-9-4-5-17(13(9)7-14)8-10-2-3-11(16)6-12(10)15/h2-3,6,9,13H,4-5,7-8H2,1H3. The summed E-state index contributed by atoms with van der Waals surface area (Å²) in [5.41, 5.74) is 1.16. The van der Waals surface area contributed by atoms with Crippen molar-refractivity contribution in [3.8, 4) is 0 Å². The van der Waals surface area contributed by atoms with E-state index in [1.54, 1.807) is 0 Å². The Kier molecular flexibility index (Phi) is 4.61. The van der Waals surface area contributed by atoms with Crippen LogP contribution in [0.25, 0.3) is 0 Å². The van der Waals surface area contributed by atoms with Gasteiger partial charge in [0.1, 0.15) is 5.82 Å². The third kappa shape index (κ3) is 3.09. The smallest absolute Gasteiger partial charge is 0.124 e. The van der Waals surface area contributed by atoms with Crippen molar-refractivity contribution in [1.82, 2.24) is 4.90 Å². The highest BCUT2D eigenvalue weighted by Gasteiger charge is 2.30. The Bertz CT molecular complexity index is 397. The molecule has 1 aromatic carbocycles. The number of nitrogens with zero attached hydrogens (tertiary/aromatic N) is 1. The lowest BCUT2D eigenvalue weighted by molar-refractivity contribution is 0.244. The maximum absolute atomic E-state index is 13.0. The van der Waals surface area contributed by atoms with E-state index in [1.165, 1.54) is 18.6 Å². The summed E-state index contributed by atoms with van der Waals surface area (Å²) in [6.45, 7) is 4.31. The minimum Gasteiger partial charge on any atom is -0.295 e. The first-order valence-electron chi connectivity index (χ1n) is 5.85. The highest BCUT2D eigenvalue weighted by Crippen LogP contribution is 2.29. The molecule has 2 unspecified atom stereocenters. The summed E-state index contributed by atoms with van der Waals surface area (Å²) in [5, 5.41) is 1.01. The number of halogens is 3. The van der Waals surface area contributed by atoms with Crippen LogP contribution in [0.15, 0.2) is 22.7 Å². The lowest BCUT2D eigenvalue weighted by Crippen LogP contribution is -2.33. The zero-order valence-electron chi connectivity index (χ0n) is 9.80. The maximum atomic E-state index is 13.0. The Morgan fingerprint density at radius 3 is 2.88 bits per heavy atom. The van der Waals surface area contributed by atoms with Crippen LogP contribution < -0.4 is 0 Å². The molecule has 1 nitrogen and oxygen atoms in total. The minimum absolute atomic E-state index is 0.188. The quantitative estimate of drug-likeness (QED) is 0.726. The zero-order chi connectivity index (χ0) is 12.4. The van der Waals surface area contributed by atoms with Gasteiger partial charge in [-0.1, -0.05) is 44.8 Å². The van der Waals surface area contributed by atoms with E-state index in [2.05, 4.69) is 43.7 Å². The van der Waals surface area contributed by atoms with Crippen LogP contribution in [0, 0.1) is 11.7 Å². The van der Waals surface area contributed by atoms with Crippen molar-refractivity contribution in [3.63, 3.8) is 0 Å². The normalized spacial score (nSPS) is 25.4. The van der Waals surface area contributed by atoms with Gasteiger partial charge in [-0.2, -0.15) is 0 Å². The van der Waals surface area contributed by atoms with Gasteiger partial charge in [-0.05, 0) is 36.6 Å². The second kappa shape index (κ2) is 5.81. The number of hydrogen-bond donors (Lipinski definition) is 0. The molecular weight excluding hydrogens is 349 g/mol. The van der Waals surface area contributed by atoms with Gasteiger partial charge in [0.25, 0.3) is 0 Å². The van der Waals surface area contributed by atoms with E-state index >= 15 is 0 Å². The van der Waals surface area contributed by atoms with Crippen LogP contribution in [-0.2, 0) is 6.54 Å². The largest absolute Gasteiger partial charge is 0.295 e. The highest BCUT2D eigenvalue weighted by molar-refractivity contribution is 9.10. The first-order chi connectivity index (χ1) is 8.11. The topological polar surface area (TPSA) is 3.24 Å². The number of likely N-dealkylation sites (tertiary alicyclic amines) is 1. The van der Waals surface area contributed by atoms with E-state index in [0.29, 0.717) is 6.04 Å². The van der Waals surface area contributed by atoms with Gasteiger partial charge in [-0.15, -0.1) is 0 Å². The summed E-state index contributed by atoms with van der Waals surface area (Å²) < 4.78 is 13.9. The molecule has 0 aromatic heterocycles. The Morgan fingerprint density at radius 1 is 1.47 bits per heavy atom. The third-order valence-corrected chi connectivity index (χ3v) is 4.95. The highest BCUT2D eigenvalue weighted by atomic mass is 79.9. The molecular formula is C13H16Br2FN. The van der Waals surface area contributed by atoms with E-state index in [4.69, 9.17) is 0 Å². The molecule has 0 radical (unpaired) electrons. The fourth-order valence-corrected chi connectivity index (χ4v) is 3.93. The molecule has 1 aliphatic rings. The van der Waals surface area contributed by atoms with Crippen molar-refractivity contribution in [2.24, 2.45) is 5.92 Å². The van der Waals surface area contributed by atoms with Crippen LogP contribution in [0.5, 0.6) is 0 Å². The van der Waals surface area contributed by atoms with E-state index in [-0.39, 0.29) is 5.82 Å². The van der Waals surface area contributed by atoms with Crippen molar-refractivity contribution in [2.75, 3.05) is 11.9 Å². The first-order valence-corrected chi connectivity index (χ1v) is 7.77. The number of benzene rings is 1. The average molecular weight is 365 g/mol. The summed E-state index contributed by atoms with van der Waals surface area (Å²) in [7, 11) is 0. The molecule has 0 saturated carbocycles. The molecule has 2 rings (SSSR count). The van der Waals surface area contributed by atoms with E-state index in [1.807, 2.05) is 6.07 Å². The second-order valence-corrected chi connectivity index (χ2v) is 6.20. The molecule has 1 fully saturated rings. The summed E-state index contributed by atoms with van der Waals surface area (Å²) in [6.07, 6.45) is 1.25. The van der Waals surface area contributed by atoms with Crippen molar-refractivity contribution in [1.29, 1.82) is 0 Å². The average Bonchev–Trinajstić information content (AvgIpc) is 2.63. The van der Waals surface area contributed by atoms with Crippen LogP contribution in [0.2, 0.25) is 0 Å². The fourth-order valence-electron chi connectivity index (χ4n) is 2.40. The van der Waals surface area contributed by atoms with Crippen LogP contribution in [0.1, 0.15) is 18.9 Å². The molecule has 1 heterocycles. The summed E-state index contributed by atoms with van der Waals surface area (Å²) >= 11 is 7.02. The van der Waals surface area contributed by atoms with Gasteiger partial charge in [0, 0.05) is 22.4 Å². The van der Waals surface area contributed by atoms with Gasteiger partial charge in [0.15, 0.2) is 0 Å². The predicted octanol–water partition coefficient (Wildman–Crippen LogP) is 4.19. The Balaban J connectivity index is 2.10. The number of rotatable bonds is 3. The lowest BCUT2D eigenvalue weighted by Gasteiger charge is -2.25. The lowest BCUT2D eigenvalue weighted by atomic mass is 10.0. The Labute approximate surface area is 119 Å². The SMILES string of the molecule is CC1CCN(Cc2ccc(F)cc2Br)C1CBr. The Hall–Kier alpha value is 0.0700. The fraction of sp³-hybridized carbons (Fsp3) is 0.538. The molecule has 1 aromatic rings. The molecule has 0 aliphatic carbocycles. The molecule has 94 valence electrons. The van der Waals surface area contributed by atoms with E-state index in [0.717, 1.165) is 34.4 Å². The van der Waals surface area contributed by atoms with Crippen molar-refractivity contribution >= 4 is 31.9 Å². The predicted molar refractivity (Wildman–Crippen MR) is 75.9 cm³/mol. The number of alkyl halides is 1. The summed E-state index contributed by atoms with van der Waals surface area (Å²) in [6, 6.07) is 5.53. The van der Waals surface area contributed by atoms with Crippen LogP contribution in [0.3, 0.4) is 0 Å². The minimum atomic E-state index is -0.188. The molecule has 4 heteroatoms. The van der Waals surface area contributed by atoms with Crippen LogP contribution >= 0.6 is 31.9 Å². The van der Waals surface area contributed by atoms with Crippen LogP contribution in [-0.4, -0.2) is 22.8 Å². The van der Waals surface area contributed by atoms with Gasteiger partial charge in [-0.25, -0.2) is 4.39 Å². The molecule has 2 atom stereocenters. The second-order valence-electron chi connectivity index (χ2n) is 4.69. The van der Waals surface area contributed by atoms with Gasteiger partial charge < -0.3 is 0 Å².